The first-order valence-electron chi connectivity index (χ1n) is 11.2. The SMILES string of the molecule is CCNC(=NCC1(C(=O)N(C)C)CCCC1)NCCCN1C(=O)COc2ccccc21.I. The Labute approximate surface area is 208 Å². The maximum Gasteiger partial charge on any atom is 0.265 e. The van der Waals surface area contributed by atoms with E-state index >= 15 is 0 Å². The molecular formula is C23H36IN5O3. The van der Waals surface area contributed by atoms with Gasteiger partial charge in [0.1, 0.15) is 5.75 Å². The van der Waals surface area contributed by atoms with Crippen LogP contribution in [0, 0.1) is 5.41 Å². The summed E-state index contributed by atoms with van der Waals surface area (Å²) >= 11 is 0. The maximum atomic E-state index is 12.8. The van der Waals surface area contributed by atoms with Gasteiger partial charge in [-0.3, -0.25) is 14.6 Å². The van der Waals surface area contributed by atoms with Gasteiger partial charge in [-0.25, -0.2) is 0 Å². The number of guanidine groups is 1. The Hall–Kier alpha value is -2.04. The summed E-state index contributed by atoms with van der Waals surface area (Å²) in [5.74, 6) is 1.62. The van der Waals surface area contributed by atoms with E-state index in [-0.39, 0.29) is 47.8 Å². The predicted octanol–water partition coefficient (Wildman–Crippen LogP) is 2.62. The first-order chi connectivity index (χ1) is 15.0. The molecule has 1 aromatic carbocycles. The van der Waals surface area contributed by atoms with Crippen LogP contribution in [0.25, 0.3) is 0 Å². The molecule has 0 aromatic heterocycles. The lowest BCUT2D eigenvalue weighted by atomic mass is 9.85. The van der Waals surface area contributed by atoms with Crippen molar-refractivity contribution in [3.8, 4) is 5.75 Å². The smallest absolute Gasteiger partial charge is 0.265 e. The monoisotopic (exact) mass is 557 g/mol. The molecule has 3 rings (SSSR count). The zero-order valence-electron chi connectivity index (χ0n) is 19.4. The summed E-state index contributed by atoms with van der Waals surface area (Å²) in [5.41, 5.74) is 0.445. The number of nitrogens with one attached hydrogen (secondary N) is 2. The second-order valence-corrected chi connectivity index (χ2v) is 8.46. The van der Waals surface area contributed by atoms with Gasteiger partial charge >= 0.3 is 0 Å². The van der Waals surface area contributed by atoms with Crippen LogP contribution in [0.3, 0.4) is 0 Å². The van der Waals surface area contributed by atoms with E-state index in [4.69, 9.17) is 9.73 Å². The number of para-hydroxylation sites is 2. The van der Waals surface area contributed by atoms with Crippen molar-refractivity contribution in [1.82, 2.24) is 15.5 Å². The van der Waals surface area contributed by atoms with E-state index in [0.717, 1.165) is 50.1 Å². The van der Waals surface area contributed by atoms with Gasteiger partial charge in [-0.2, -0.15) is 0 Å². The minimum Gasteiger partial charge on any atom is -0.482 e. The number of ether oxygens (including phenoxy) is 1. The van der Waals surface area contributed by atoms with Crippen LogP contribution in [-0.2, 0) is 9.59 Å². The van der Waals surface area contributed by atoms with Crippen molar-refractivity contribution >= 4 is 47.4 Å². The van der Waals surface area contributed by atoms with Crippen molar-refractivity contribution in [2.24, 2.45) is 10.4 Å². The maximum absolute atomic E-state index is 12.8. The number of carbonyl (C=O) groups is 2. The molecule has 1 aromatic rings. The van der Waals surface area contributed by atoms with Crippen molar-refractivity contribution in [2.75, 3.05) is 51.8 Å². The lowest BCUT2D eigenvalue weighted by Crippen LogP contribution is -2.44. The summed E-state index contributed by atoms with van der Waals surface area (Å²) < 4.78 is 5.50. The predicted molar refractivity (Wildman–Crippen MR) is 138 cm³/mol. The Balaban J connectivity index is 0.00000363. The van der Waals surface area contributed by atoms with Crippen molar-refractivity contribution in [2.45, 2.75) is 39.0 Å². The molecule has 1 fully saturated rings. The standard InChI is InChI=1S/C23H35N5O3.HI/c1-4-24-22(26-17-23(12-7-8-13-23)21(30)27(2)3)25-14-9-15-28-18-10-5-6-11-19(18)31-16-20(28)29;/h5-6,10-11H,4,7-9,12-17H2,1-3H3,(H2,24,25,26);1H. The van der Waals surface area contributed by atoms with E-state index in [2.05, 4.69) is 10.6 Å². The highest BCUT2D eigenvalue weighted by atomic mass is 127. The number of rotatable bonds is 8. The van der Waals surface area contributed by atoms with E-state index in [1.807, 2.05) is 45.3 Å². The summed E-state index contributed by atoms with van der Waals surface area (Å²) in [6.45, 7) is 4.62. The van der Waals surface area contributed by atoms with Gasteiger partial charge in [0.25, 0.3) is 5.91 Å². The number of anilines is 1. The van der Waals surface area contributed by atoms with Crippen LogP contribution in [-0.4, -0.2) is 69.6 Å². The van der Waals surface area contributed by atoms with Gasteiger partial charge in [-0.05, 0) is 38.3 Å². The first-order valence-corrected chi connectivity index (χ1v) is 11.2. The second kappa shape index (κ2) is 12.3. The summed E-state index contributed by atoms with van der Waals surface area (Å²) in [7, 11) is 3.64. The Kier molecular flexibility index (Phi) is 10.0. The number of carbonyl (C=O) groups excluding carboxylic acids is 2. The van der Waals surface area contributed by atoms with Crippen molar-refractivity contribution in [1.29, 1.82) is 0 Å². The number of hydrogen-bond donors (Lipinski definition) is 2. The van der Waals surface area contributed by atoms with Crippen LogP contribution in [0.5, 0.6) is 5.75 Å². The fourth-order valence-corrected chi connectivity index (χ4v) is 4.38. The molecule has 0 atom stereocenters. The third kappa shape index (κ3) is 6.26. The summed E-state index contributed by atoms with van der Waals surface area (Å²) in [6, 6.07) is 7.62. The van der Waals surface area contributed by atoms with Crippen molar-refractivity contribution in [3.05, 3.63) is 24.3 Å². The van der Waals surface area contributed by atoms with Gasteiger partial charge in [0.05, 0.1) is 17.6 Å². The molecule has 8 nitrogen and oxygen atoms in total. The molecule has 0 radical (unpaired) electrons. The van der Waals surface area contributed by atoms with Gasteiger partial charge < -0.3 is 25.2 Å². The van der Waals surface area contributed by atoms with Crippen molar-refractivity contribution in [3.63, 3.8) is 0 Å². The third-order valence-electron chi connectivity index (χ3n) is 5.96. The van der Waals surface area contributed by atoms with Crippen LogP contribution in [0.15, 0.2) is 29.3 Å². The van der Waals surface area contributed by atoms with Crippen LogP contribution in [0.1, 0.15) is 39.0 Å². The van der Waals surface area contributed by atoms with Crippen LogP contribution < -0.4 is 20.3 Å². The number of aliphatic imine (C=N–C) groups is 1. The molecule has 2 aliphatic rings. The number of nitrogens with zero attached hydrogens (tertiary/aromatic N) is 3. The Morgan fingerprint density at radius 3 is 2.62 bits per heavy atom. The number of halogens is 1. The van der Waals surface area contributed by atoms with E-state index in [1.54, 1.807) is 9.80 Å². The van der Waals surface area contributed by atoms with Gasteiger partial charge in [0.15, 0.2) is 12.6 Å². The molecule has 0 spiro atoms. The van der Waals surface area contributed by atoms with E-state index in [9.17, 15) is 9.59 Å². The summed E-state index contributed by atoms with van der Waals surface area (Å²) in [5, 5.41) is 6.62. The highest BCUT2D eigenvalue weighted by molar-refractivity contribution is 14.0. The zero-order valence-corrected chi connectivity index (χ0v) is 21.7. The van der Waals surface area contributed by atoms with Gasteiger partial charge in [0, 0.05) is 33.7 Å². The number of fused-ring (bicyclic) bond motifs is 1. The van der Waals surface area contributed by atoms with Crippen LogP contribution >= 0.6 is 24.0 Å². The second-order valence-electron chi connectivity index (χ2n) is 8.46. The fourth-order valence-electron chi connectivity index (χ4n) is 4.38. The Morgan fingerprint density at radius 1 is 1.22 bits per heavy atom. The summed E-state index contributed by atoms with van der Waals surface area (Å²) in [6.07, 6.45) is 4.71. The molecule has 1 saturated carbocycles. The quantitative estimate of drug-likeness (QED) is 0.222. The molecule has 0 unspecified atom stereocenters. The zero-order chi connectivity index (χ0) is 22.3. The Morgan fingerprint density at radius 2 is 1.94 bits per heavy atom. The normalized spacial score (nSPS) is 17.2. The molecule has 9 heteroatoms. The molecule has 178 valence electrons. The molecule has 1 aliphatic heterocycles. The average Bonchev–Trinajstić information content (AvgIpc) is 3.25. The topological polar surface area (TPSA) is 86.3 Å². The van der Waals surface area contributed by atoms with Gasteiger partial charge in [0.2, 0.25) is 5.91 Å². The molecule has 1 aliphatic carbocycles. The fraction of sp³-hybridized carbons (Fsp3) is 0.609. The lowest BCUT2D eigenvalue weighted by molar-refractivity contribution is -0.138. The van der Waals surface area contributed by atoms with E-state index in [1.165, 1.54) is 0 Å². The number of benzene rings is 1. The largest absolute Gasteiger partial charge is 0.482 e. The highest BCUT2D eigenvalue weighted by Crippen LogP contribution is 2.39. The Bertz CT molecular complexity index is 809. The van der Waals surface area contributed by atoms with Gasteiger partial charge in [-0.15, -0.1) is 24.0 Å². The molecule has 1 heterocycles. The molecule has 32 heavy (non-hydrogen) atoms. The molecule has 0 saturated heterocycles. The molecular weight excluding hydrogens is 521 g/mol. The first kappa shape index (κ1) is 26.2. The minimum absolute atomic E-state index is 0. The molecule has 2 N–H and O–H groups in total. The van der Waals surface area contributed by atoms with E-state index < -0.39 is 0 Å². The summed E-state index contributed by atoms with van der Waals surface area (Å²) in [4.78, 5) is 33.3. The third-order valence-corrected chi connectivity index (χ3v) is 5.96. The van der Waals surface area contributed by atoms with Crippen LogP contribution in [0.4, 0.5) is 5.69 Å². The minimum atomic E-state index is -0.379. The highest BCUT2D eigenvalue weighted by Gasteiger charge is 2.42. The lowest BCUT2D eigenvalue weighted by Gasteiger charge is -2.30. The van der Waals surface area contributed by atoms with Gasteiger partial charge in [-0.1, -0.05) is 25.0 Å². The van der Waals surface area contributed by atoms with E-state index in [0.29, 0.717) is 25.6 Å². The molecule has 2 amide bonds. The molecule has 0 bridgehead atoms. The van der Waals surface area contributed by atoms with Crippen molar-refractivity contribution < 1.29 is 14.3 Å². The average molecular weight is 557 g/mol. The number of amides is 2. The number of hydrogen-bond acceptors (Lipinski definition) is 4. The van der Waals surface area contributed by atoms with Crippen LogP contribution in [0.2, 0.25) is 0 Å².